The van der Waals surface area contributed by atoms with E-state index in [4.69, 9.17) is 37.4 Å². The number of esters is 1. The van der Waals surface area contributed by atoms with E-state index < -0.39 is 35.0 Å². The van der Waals surface area contributed by atoms with Crippen LogP contribution < -0.4 is 24.4 Å². The number of aromatic nitrogens is 1. The van der Waals surface area contributed by atoms with Gasteiger partial charge in [-0.25, -0.2) is 9.79 Å². The third-order valence-corrected chi connectivity index (χ3v) is 7.28. The van der Waals surface area contributed by atoms with Crippen LogP contribution in [0.5, 0.6) is 11.5 Å². The summed E-state index contributed by atoms with van der Waals surface area (Å²) < 4.78 is 60.4. The SMILES string of the molecule is CCOC(=O)C1=C(C(F)(F)F)N=c2s/c(=C\c3cc(Cl)c(OC(C)C)c(OCC)c3)c(=O)n2[C@H]1c1ccc(Cl)cc1. The lowest BCUT2D eigenvalue weighted by Gasteiger charge is -2.26. The highest BCUT2D eigenvalue weighted by Crippen LogP contribution is 2.39. The second-order valence-corrected chi connectivity index (χ2v) is 10.9. The Morgan fingerprint density at radius 1 is 1.15 bits per heavy atom. The van der Waals surface area contributed by atoms with Crippen molar-refractivity contribution in [2.45, 2.75) is 46.0 Å². The molecule has 0 unspecified atom stereocenters. The number of ether oxygens (including phenoxy) is 3. The minimum absolute atomic E-state index is 0.0605. The summed E-state index contributed by atoms with van der Waals surface area (Å²) in [6.45, 7) is 7.06. The van der Waals surface area contributed by atoms with E-state index in [0.29, 0.717) is 28.7 Å². The average Bonchev–Trinajstić information content (AvgIpc) is 3.20. The van der Waals surface area contributed by atoms with Crippen molar-refractivity contribution in [1.82, 2.24) is 4.57 Å². The van der Waals surface area contributed by atoms with Crippen molar-refractivity contribution in [3.63, 3.8) is 0 Å². The molecule has 218 valence electrons. The summed E-state index contributed by atoms with van der Waals surface area (Å²) >= 11 is 13.2. The fourth-order valence-corrected chi connectivity index (χ4v) is 5.63. The molecule has 1 aromatic heterocycles. The number of allylic oxidation sites excluding steroid dienone is 1. The molecule has 0 saturated heterocycles. The third kappa shape index (κ3) is 6.47. The minimum atomic E-state index is -5.01. The predicted molar refractivity (Wildman–Crippen MR) is 151 cm³/mol. The lowest BCUT2D eigenvalue weighted by molar-refractivity contribution is -0.140. The van der Waals surface area contributed by atoms with Gasteiger partial charge < -0.3 is 14.2 Å². The molecule has 1 aliphatic rings. The number of halogens is 5. The lowest BCUT2D eigenvalue weighted by Crippen LogP contribution is -2.41. The number of benzene rings is 2. The molecule has 3 aromatic rings. The summed E-state index contributed by atoms with van der Waals surface area (Å²) in [4.78, 5) is 30.2. The zero-order chi connectivity index (χ0) is 30.1. The maximum absolute atomic E-state index is 14.3. The van der Waals surface area contributed by atoms with Crippen LogP contribution in [0.4, 0.5) is 13.2 Å². The molecule has 4 rings (SSSR count). The monoisotopic (exact) mass is 628 g/mol. The number of alkyl halides is 3. The van der Waals surface area contributed by atoms with Crippen molar-refractivity contribution in [3.8, 4) is 11.5 Å². The molecule has 7 nitrogen and oxygen atoms in total. The van der Waals surface area contributed by atoms with Crippen molar-refractivity contribution in [3.05, 3.63) is 88.5 Å². The molecule has 2 heterocycles. The van der Waals surface area contributed by atoms with Gasteiger partial charge in [0.05, 0.1) is 40.5 Å². The van der Waals surface area contributed by atoms with E-state index in [-0.39, 0.29) is 32.6 Å². The molecule has 1 aliphatic heterocycles. The number of thiazole rings is 1. The Morgan fingerprint density at radius 2 is 1.83 bits per heavy atom. The average molecular weight is 629 g/mol. The zero-order valence-corrected chi connectivity index (χ0v) is 24.7. The van der Waals surface area contributed by atoms with Gasteiger partial charge in [-0.05, 0) is 69.2 Å². The summed E-state index contributed by atoms with van der Waals surface area (Å²) in [6, 6.07) is 7.52. The van der Waals surface area contributed by atoms with Crippen LogP contribution in [0.3, 0.4) is 0 Å². The Labute approximate surface area is 247 Å². The van der Waals surface area contributed by atoms with Gasteiger partial charge in [0.25, 0.3) is 5.56 Å². The first-order chi connectivity index (χ1) is 19.3. The maximum Gasteiger partial charge on any atom is 0.434 e. The van der Waals surface area contributed by atoms with Crippen molar-refractivity contribution in [2.75, 3.05) is 13.2 Å². The number of fused-ring (bicyclic) bond motifs is 1. The summed E-state index contributed by atoms with van der Waals surface area (Å²) in [6.07, 6.45) is -3.73. The number of nitrogens with zero attached hydrogens (tertiary/aromatic N) is 2. The molecule has 0 spiro atoms. The molecule has 41 heavy (non-hydrogen) atoms. The van der Waals surface area contributed by atoms with Crippen LogP contribution in [0.1, 0.15) is 44.9 Å². The van der Waals surface area contributed by atoms with Crippen LogP contribution in [0.25, 0.3) is 6.08 Å². The Morgan fingerprint density at radius 3 is 2.41 bits per heavy atom. The summed E-state index contributed by atoms with van der Waals surface area (Å²) in [5.74, 6) is -0.554. The van der Waals surface area contributed by atoms with E-state index in [2.05, 4.69) is 4.99 Å². The van der Waals surface area contributed by atoms with Crippen molar-refractivity contribution in [1.29, 1.82) is 0 Å². The molecular weight excluding hydrogens is 604 g/mol. The highest BCUT2D eigenvalue weighted by atomic mass is 35.5. The molecule has 0 N–H and O–H groups in total. The molecule has 0 fully saturated rings. The van der Waals surface area contributed by atoms with Crippen LogP contribution in [0, 0.1) is 0 Å². The summed E-state index contributed by atoms with van der Waals surface area (Å²) in [5.41, 5.74) is -2.21. The van der Waals surface area contributed by atoms with Gasteiger partial charge in [0.1, 0.15) is 0 Å². The number of hydrogen-bond donors (Lipinski definition) is 0. The summed E-state index contributed by atoms with van der Waals surface area (Å²) in [5, 5.41) is 0.553. The van der Waals surface area contributed by atoms with E-state index in [1.807, 2.05) is 13.8 Å². The van der Waals surface area contributed by atoms with Gasteiger partial charge in [-0.15, -0.1) is 0 Å². The van der Waals surface area contributed by atoms with E-state index in [0.717, 1.165) is 15.9 Å². The predicted octanol–water partition coefficient (Wildman–Crippen LogP) is 5.83. The minimum Gasteiger partial charge on any atom is -0.490 e. The molecule has 0 radical (unpaired) electrons. The highest BCUT2D eigenvalue weighted by Gasteiger charge is 2.45. The maximum atomic E-state index is 14.3. The van der Waals surface area contributed by atoms with Gasteiger partial charge in [-0.1, -0.05) is 46.7 Å². The van der Waals surface area contributed by atoms with Crippen LogP contribution in [-0.2, 0) is 9.53 Å². The Balaban J connectivity index is 1.99. The normalized spacial score (nSPS) is 15.6. The molecule has 0 aliphatic carbocycles. The smallest absolute Gasteiger partial charge is 0.434 e. The first-order valence-corrected chi connectivity index (χ1v) is 14.1. The van der Waals surface area contributed by atoms with Crippen molar-refractivity contribution in [2.24, 2.45) is 4.99 Å². The Bertz CT molecular complexity index is 1680. The first-order valence-electron chi connectivity index (χ1n) is 12.5. The Hall–Kier alpha value is -3.28. The molecule has 1 atom stereocenters. The molecule has 0 saturated carbocycles. The van der Waals surface area contributed by atoms with Crippen LogP contribution in [0.15, 0.2) is 57.5 Å². The third-order valence-electron chi connectivity index (χ3n) is 5.76. The van der Waals surface area contributed by atoms with Gasteiger partial charge in [0, 0.05) is 5.02 Å². The van der Waals surface area contributed by atoms with Crippen molar-refractivity contribution < 1.29 is 32.2 Å². The van der Waals surface area contributed by atoms with Crippen LogP contribution >= 0.6 is 34.5 Å². The molecule has 0 amide bonds. The van der Waals surface area contributed by atoms with Gasteiger partial charge in [-0.2, -0.15) is 13.2 Å². The standard InChI is InChI=1S/C28H25Cl2F3N2O5S/c1-5-38-19-12-15(11-18(30)23(19)40-14(3)4)13-20-25(36)35-22(16-7-9-17(29)10-8-16)21(26(37)39-6-2)24(28(31,32)33)34-27(35)41-20/h7-14,22H,5-6H2,1-4H3/b20-13-/t22-/m0/s1. The first kappa shape index (κ1) is 30.7. The number of hydrogen-bond acceptors (Lipinski definition) is 7. The van der Waals surface area contributed by atoms with Gasteiger partial charge >= 0.3 is 12.1 Å². The number of carbonyl (C=O) groups excluding carboxylic acids is 1. The Kier molecular flexibility index (Phi) is 9.20. The largest absolute Gasteiger partial charge is 0.490 e. The summed E-state index contributed by atoms with van der Waals surface area (Å²) in [7, 11) is 0. The fourth-order valence-electron chi connectivity index (χ4n) is 4.24. The van der Waals surface area contributed by atoms with Crippen molar-refractivity contribution >= 4 is 46.6 Å². The van der Waals surface area contributed by atoms with Gasteiger partial charge in [-0.3, -0.25) is 9.36 Å². The second-order valence-electron chi connectivity index (χ2n) is 9.04. The van der Waals surface area contributed by atoms with Crippen LogP contribution in [-0.4, -0.2) is 36.0 Å². The lowest BCUT2D eigenvalue weighted by atomic mass is 9.95. The number of carbonyl (C=O) groups is 1. The van der Waals surface area contributed by atoms with Gasteiger partial charge in [0.2, 0.25) is 0 Å². The van der Waals surface area contributed by atoms with E-state index in [9.17, 15) is 22.8 Å². The van der Waals surface area contributed by atoms with E-state index >= 15 is 0 Å². The molecular formula is C28H25Cl2F3N2O5S. The zero-order valence-electron chi connectivity index (χ0n) is 22.3. The molecule has 2 aromatic carbocycles. The topological polar surface area (TPSA) is 79.1 Å². The quantitative estimate of drug-likeness (QED) is 0.293. The van der Waals surface area contributed by atoms with Crippen LogP contribution in [0.2, 0.25) is 10.0 Å². The van der Waals surface area contributed by atoms with Gasteiger partial charge in [0.15, 0.2) is 22.0 Å². The van der Waals surface area contributed by atoms with E-state index in [1.165, 1.54) is 37.3 Å². The fraction of sp³-hybridized carbons (Fsp3) is 0.321. The molecule has 0 bridgehead atoms. The number of rotatable bonds is 8. The second kappa shape index (κ2) is 12.3. The van der Waals surface area contributed by atoms with E-state index in [1.54, 1.807) is 19.1 Å². The highest BCUT2D eigenvalue weighted by molar-refractivity contribution is 7.07. The molecule has 13 heteroatoms.